The van der Waals surface area contributed by atoms with E-state index < -0.39 is 0 Å². The molecule has 1 aromatic rings. The Morgan fingerprint density at radius 3 is 1.39 bits per heavy atom. The Morgan fingerprint density at radius 2 is 0.970 bits per heavy atom. The number of para-hydroxylation sites is 1. The third kappa shape index (κ3) is 20.6. The molecule has 0 spiro atoms. The highest BCUT2D eigenvalue weighted by molar-refractivity contribution is 5.69. The number of ether oxygens (including phenoxy) is 8. The van der Waals surface area contributed by atoms with E-state index in [2.05, 4.69) is 0 Å². The molecule has 0 aromatic heterocycles. The second-order valence-corrected chi connectivity index (χ2v) is 6.81. The molecule has 0 N–H and O–H groups in total. The van der Waals surface area contributed by atoms with Crippen LogP contribution in [0.25, 0.3) is 0 Å². The van der Waals surface area contributed by atoms with Crippen LogP contribution in [0.15, 0.2) is 30.3 Å². The first-order chi connectivity index (χ1) is 16.3. The average molecular weight is 473 g/mol. The van der Waals surface area contributed by atoms with Crippen molar-refractivity contribution < 1.29 is 42.7 Å². The van der Waals surface area contributed by atoms with Crippen LogP contribution in [0.5, 0.6) is 5.75 Å². The molecule has 0 unspecified atom stereocenters. The van der Waals surface area contributed by atoms with Gasteiger partial charge in [-0.05, 0) is 18.6 Å². The molecule has 0 amide bonds. The molecular formula is C24H40O9. The van der Waals surface area contributed by atoms with E-state index in [0.29, 0.717) is 92.3 Å². The second kappa shape index (κ2) is 23.4. The third-order valence-electron chi connectivity index (χ3n) is 4.04. The molecular weight excluding hydrogens is 432 g/mol. The van der Waals surface area contributed by atoms with Gasteiger partial charge in [-0.15, -0.1) is 0 Å². The lowest BCUT2D eigenvalue weighted by Crippen LogP contribution is -2.15. The molecule has 33 heavy (non-hydrogen) atoms. The summed E-state index contributed by atoms with van der Waals surface area (Å²) in [7, 11) is 0. The fraction of sp³-hybridized carbons (Fsp3) is 0.708. The van der Waals surface area contributed by atoms with Gasteiger partial charge in [0.1, 0.15) is 19.0 Å². The third-order valence-corrected chi connectivity index (χ3v) is 4.04. The fourth-order valence-corrected chi connectivity index (χ4v) is 2.43. The SMILES string of the molecule is CCCC(=O)OCCOCCOCCOCCOCCOCCOCCOc1ccccc1. The normalized spacial score (nSPS) is 10.9. The first kappa shape index (κ1) is 29.3. The Labute approximate surface area is 197 Å². The van der Waals surface area contributed by atoms with Gasteiger partial charge in [-0.1, -0.05) is 25.1 Å². The van der Waals surface area contributed by atoms with Crippen LogP contribution in [0.3, 0.4) is 0 Å². The quantitative estimate of drug-likeness (QED) is 0.166. The van der Waals surface area contributed by atoms with Crippen molar-refractivity contribution in [3.05, 3.63) is 30.3 Å². The minimum absolute atomic E-state index is 0.183. The highest BCUT2D eigenvalue weighted by Gasteiger charge is 2.00. The molecule has 0 bridgehead atoms. The minimum Gasteiger partial charge on any atom is -0.491 e. The first-order valence-corrected chi connectivity index (χ1v) is 11.6. The van der Waals surface area contributed by atoms with Crippen LogP contribution in [-0.4, -0.2) is 98.5 Å². The van der Waals surface area contributed by atoms with E-state index in [4.69, 9.17) is 37.9 Å². The number of rotatable bonds is 24. The minimum atomic E-state index is -0.183. The number of esters is 1. The number of carbonyl (C=O) groups excluding carboxylic acids is 1. The van der Waals surface area contributed by atoms with Gasteiger partial charge < -0.3 is 37.9 Å². The molecule has 9 heteroatoms. The molecule has 0 atom stereocenters. The first-order valence-electron chi connectivity index (χ1n) is 11.6. The highest BCUT2D eigenvalue weighted by atomic mass is 16.6. The van der Waals surface area contributed by atoms with Crippen LogP contribution in [-0.2, 0) is 38.0 Å². The van der Waals surface area contributed by atoms with E-state index in [0.717, 1.165) is 12.2 Å². The summed E-state index contributed by atoms with van der Waals surface area (Å²) in [5, 5.41) is 0. The smallest absolute Gasteiger partial charge is 0.305 e. The molecule has 1 aromatic carbocycles. The zero-order valence-corrected chi connectivity index (χ0v) is 19.9. The van der Waals surface area contributed by atoms with Gasteiger partial charge in [-0.3, -0.25) is 4.79 Å². The predicted octanol–water partition coefficient (Wildman–Crippen LogP) is 2.51. The van der Waals surface area contributed by atoms with Gasteiger partial charge in [0.25, 0.3) is 0 Å². The molecule has 0 aliphatic carbocycles. The molecule has 0 aliphatic rings. The summed E-state index contributed by atoms with van der Waals surface area (Å²) in [5.74, 6) is 0.660. The van der Waals surface area contributed by atoms with E-state index >= 15 is 0 Å². The van der Waals surface area contributed by atoms with Crippen LogP contribution in [0.4, 0.5) is 0 Å². The van der Waals surface area contributed by atoms with E-state index in [1.807, 2.05) is 37.3 Å². The van der Waals surface area contributed by atoms with Gasteiger partial charge in [-0.25, -0.2) is 0 Å². The molecule has 0 radical (unpaired) electrons. The van der Waals surface area contributed by atoms with Crippen molar-refractivity contribution in [2.45, 2.75) is 19.8 Å². The van der Waals surface area contributed by atoms with Gasteiger partial charge in [0.2, 0.25) is 0 Å². The molecule has 0 heterocycles. The molecule has 0 fully saturated rings. The molecule has 190 valence electrons. The monoisotopic (exact) mass is 472 g/mol. The number of hydrogen-bond donors (Lipinski definition) is 0. The van der Waals surface area contributed by atoms with E-state index in [1.54, 1.807) is 0 Å². The maximum Gasteiger partial charge on any atom is 0.305 e. The Kier molecular flexibility index (Phi) is 20.8. The Hall–Kier alpha value is -1.75. The molecule has 1 rings (SSSR count). The van der Waals surface area contributed by atoms with E-state index in [-0.39, 0.29) is 12.6 Å². The second-order valence-electron chi connectivity index (χ2n) is 6.81. The van der Waals surface area contributed by atoms with E-state index in [9.17, 15) is 4.79 Å². The lowest BCUT2D eigenvalue weighted by atomic mass is 10.3. The molecule has 0 saturated carbocycles. The van der Waals surface area contributed by atoms with Crippen LogP contribution >= 0.6 is 0 Å². The predicted molar refractivity (Wildman–Crippen MR) is 123 cm³/mol. The van der Waals surface area contributed by atoms with Gasteiger partial charge in [0, 0.05) is 6.42 Å². The summed E-state index contributed by atoms with van der Waals surface area (Å²) in [6.07, 6.45) is 1.24. The van der Waals surface area contributed by atoms with Gasteiger partial charge in [0.15, 0.2) is 0 Å². The van der Waals surface area contributed by atoms with Crippen LogP contribution in [0.1, 0.15) is 19.8 Å². The number of hydrogen-bond acceptors (Lipinski definition) is 9. The van der Waals surface area contributed by atoms with Crippen LogP contribution in [0, 0.1) is 0 Å². The standard InChI is InChI=1S/C24H40O9/c1-2-6-24(25)33-22-20-31-18-16-29-14-12-27-10-9-26-11-13-28-15-17-30-19-21-32-23-7-4-3-5-8-23/h3-5,7-8H,2,6,9-22H2,1H3. The summed E-state index contributed by atoms with van der Waals surface area (Å²) in [6.45, 7) is 8.68. The summed E-state index contributed by atoms with van der Waals surface area (Å²) < 4.78 is 43.0. The zero-order chi connectivity index (χ0) is 23.7. The van der Waals surface area contributed by atoms with Gasteiger partial charge in [0.05, 0.1) is 79.3 Å². The molecule has 0 saturated heterocycles. The fourth-order valence-electron chi connectivity index (χ4n) is 2.43. The van der Waals surface area contributed by atoms with Crippen LogP contribution in [0.2, 0.25) is 0 Å². The maximum atomic E-state index is 11.1. The van der Waals surface area contributed by atoms with Crippen molar-refractivity contribution in [3.63, 3.8) is 0 Å². The average Bonchev–Trinajstić information content (AvgIpc) is 2.83. The summed E-state index contributed by atoms with van der Waals surface area (Å²) in [6, 6.07) is 9.65. The maximum absolute atomic E-state index is 11.1. The summed E-state index contributed by atoms with van der Waals surface area (Å²) in [5.41, 5.74) is 0. The lowest BCUT2D eigenvalue weighted by Gasteiger charge is -2.09. The summed E-state index contributed by atoms with van der Waals surface area (Å²) >= 11 is 0. The summed E-state index contributed by atoms with van der Waals surface area (Å²) in [4.78, 5) is 11.1. The number of benzene rings is 1. The van der Waals surface area contributed by atoms with E-state index in [1.165, 1.54) is 0 Å². The number of carbonyl (C=O) groups is 1. The highest BCUT2D eigenvalue weighted by Crippen LogP contribution is 2.07. The molecule has 9 nitrogen and oxygen atoms in total. The topological polar surface area (TPSA) is 90.9 Å². The zero-order valence-electron chi connectivity index (χ0n) is 19.9. The van der Waals surface area contributed by atoms with Gasteiger partial charge in [-0.2, -0.15) is 0 Å². The van der Waals surface area contributed by atoms with Crippen molar-refractivity contribution in [1.29, 1.82) is 0 Å². The van der Waals surface area contributed by atoms with Gasteiger partial charge >= 0.3 is 5.97 Å². The van der Waals surface area contributed by atoms with Crippen molar-refractivity contribution in [3.8, 4) is 5.75 Å². The van der Waals surface area contributed by atoms with Crippen molar-refractivity contribution in [2.24, 2.45) is 0 Å². The Bertz CT molecular complexity index is 542. The van der Waals surface area contributed by atoms with Crippen molar-refractivity contribution in [1.82, 2.24) is 0 Å². The molecule has 0 aliphatic heterocycles. The Morgan fingerprint density at radius 1 is 0.576 bits per heavy atom. The lowest BCUT2D eigenvalue weighted by molar-refractivity contribution is -0.145. The van der Waals surface area contributed by atoms with Crippen molar-refractivity contribution in [2.75, 3.05) is 92.5 Å². The Balaban J connectivity index is 1.66. The van der Waals surface area contributed by atoms with Crippen LogP contribution < -0.4 is 4.74 Å². The van der Waals surface area contributed by atoms with Crippen molar-refractivity contribution >= 4 is 5.97 Å². The largest absolute Gasteiger partial charge is 0.491 e.